The van der Waals surface area contributed by atoms with Crippen molar-refractivity contribution in [3.05, 3.63) is 29.8 Å². The van der Waals surface area contributed by atoms with E-state index in [0.29, 0.717) is 5.56 Å². The van der Waals surface area contributed by atoms with Gasteiger partial charge in [0.05, 0.1) is 13.2 Å². The first kappa shape index (κ1) is 18.7. The third-order valence-electron chi connectivity index (χ3n) is 3.71. The van der Waals surface area contributed by atoms with Crippen molar-refractivity contribution in [1.82, 2.24) is 0 Å². The Morgan fingerprint density at radius 3 is 2.50 bits per heavy atom. The molecule has 8 nitrogen and oxygen atoms in total. The van der Waals surface area contributed by atoms with E-state index in [4.69, 9.17) is 14.2 Å². The maximum Gasteiger partial charge on any atom is 0.186 e. The van der Waals surface area contributed by atoms with Crippen molar-refractivity contribution in [3.63, 3.8) is 0 Å². The molecule has 1 aliphatic heterocycles. The highest BCUT2D eigenvalue weighted by molar-refractivity contribution is 5.55. The summed E-state index contributed by atoms with van der Waals surface area (Å²) in [5, 5.41) is 47.9. The molecule has 0 saturated carbocycles. The quantitative estimate of drug-likeness (QED) is 0.348. The van der Waals surface area contributed by atoms with Crippen molar-refractivity contribution >= 4 is 6.08 Å². The van der Waals surface area contributed by atoms with Gasteiger partial charge in [-0.3, -0.25) is 0 Å². The molecule has 0 radical (unpaired) electrons. The van der Waals surface area contributed by atoms with Crippen LogP contribution in [0.3, 0.4) is 0 Å². The van der Waals surface area contributed by atoms with Crippen molar-refractivity contribution in [2.75, 3.05) is 20.3 Å². The fraction of sp³-hybridized carbons (Fsp3) is 0.500. The zero-order valence-corrected chi connectivity index (χ0v) is 13.1. The van der Waals surface area contributed by atoms with Crippen molar-refractivity contribution in [2.45, 2.75) is 30.7 Å². The molecule has 134 valence electrons. The smallest absolute Gasteiger partial charge is 0.186 e. The monoisotopic (exact) mass is 342 g/mol. The molecule has 0 aromatic heterocycles. The molecule has 1 fully saturated rings. The fourth-order valence-corrected chi connectivity index (χ4v) is 2.33. The average Bonchev–Trinajstić information content (AvgIpc) is 2.57. The van der Waals surface area contributed by atoms with Crippen LogP contribution in [0.4, 0.5) is 0 Å². The fourth-order valence-electron chi connectivity index (χ4n) is 2.33. The standard InChI is InChI=1S/C16H22O8/c1-22-16-15(21)14(20)13(19)12(24-16)8-23-6-2-3-9-4-5-10(17)11(18)7-9/h2-5,7,12-21H,6,8H2,1H3/b3-2-/t12-,13-,14+,15-,16-/m1/s1. The number of phenols is 2. The van der Waals surface area contributed by atoms with Gasteiger partial charge < -0.3 is 39.7 Å². The van der Waals surface area contributed by atoms with Crippen LogP contribution in [0.25, 0.3) is 6.08 Å². The second kappa shape index (κ2) is 8.43. The van der Waals surface area contributed by atoms with Crippen LogP contribution in [-0.2, 0) is 14.2 Å². The van der Waals surface area contributed by atoms with Gasteiger partial charge in [0.1, 0.15) is 24.4 Å². The molecule has 1 heterocycles. The largest absolute Gasteiger partial charge is 0.504 e. The molecule has 5 atom stereocenters. The molecule has 1 aromatic rings. The van der Waals surface area contributed by atoms with E-state index in [2.05, 4.69) is 0 Å². The van der Waals surface area contributed by atoms with Gasteiger partial charge in [0.15, 0.2) is 17.8 Å². The lowest BCUT2D eigenvalue weighted by Gasteiger charge is -2.39. The van der Waals surface area contributed by atoms with E-state index < -0.39 is 30.7 Å². The first-order valence-electron chi connectivity index (χ1n) is 7.42. The summed E-state index contributed by atoms with van der Waals surface area (Å²) < 4.78 is 15.6. The maximum absolute atomic E-state index is 9.87. The highest BCUT2D eigenvalue weighted by atomic mass is 16.7. The first-order valence-corrected chi connectivity index (χ1v) is 7.42. The van der Waals surface area contributed by atoms with Crippen molar-refractivity contribution < 1.29 is 39.7 Å². The lowest BCUT2D eigenvalue weighted by molar-refractivity contribution is -0.295. The van der Waals surface area contributed by atoms with Gasteiger partial charge >= 0.3 is 0 Å². The normalized spacial score (nSPS) is 30.8. The van der Waals surface area contributed by atoms with E-state index in [1.165, 1.54) is 19.2 Å². The van der Waals surface area contributed by atoms with Crippen LogP contribution in [0.5, 0.6) is 11.5 Å². The molecule has 1 saturated heterocycles. The summed E-state index contributed by atoms with van der Waals surface area (Å²) >= 11 is 0. The summed E-state index contributed by atoms with van der Waals surface area (Å²) in [5.74, 6) is -0.407. The summed E-state index contributed by atoms with van der Waals surface area (Å²) in [6, 6.07) is 4.40. The van der Waals surface area contributed by atoms with Crippen molar-refractivity contribution in [3.8, 4) is 11.5 Å². The van der Waals surface area contributed by atoms with Gasteiger partial charge in [-0.1, -0.05) is 18.2 Å². The zero-order chi connectivity index (χ0) is 17.7. The highest BCUT2D eigenvalue weighted by Crippen LogP contribution is 2.25. The Labute approximate surface area is 139 Å². The molecule has 2 rings (SSSR count). The summed E-state index contributed by atoms with van der Waals surface area (Å²) in [5.41, 5.74) is 0.681. The molecular formula is C16H22O8. The molecule has 0 aliphatic carbocycles. The number of aliphatic hydroxyl groups excluding tert-OH is 3. The summed E-state index contributed by atoms with van der Waals surface area (Å²) in [6.45, 7) is 0.195. The van der Waals surface area contributed by atoms with E-state index >= 15 is 0 Å². The molecular weight excluding hydrogens is 320 g/mol. The van der Waals surface area contributed by atoms with E-state index in [1.807, 2.05) is 0 Å². The number of rotatable bonds is 6. The van der Waals surface area contributed by atoms with Gasteiger partial charge in [0, 0.05) is 7.11 Å². The Kier molecular flexibility index (Phi) is 6.55. The number of benzene rings is 1. The zero-order valence-electron chi connectivity index (χ0n) is 13.1. The third-order valence-corrected chi connectivity index (χ3v) is 3.71. The van der Waals surface area contributed by atoms with Crippen LogP contribution in [0.1, 0.15) is 5.56 Å². The van der Waals surface area contributed by atoms with Crippen molar-refractivity contribution in [2.24, 2.45) is 0 Å². The SMILES string of the molecule is CO[C@@H]1O[C@H](COC/C=C\c2ccc(O)c(O)c2)[C@@H](O)[C@H](O)[C@H]1O. The van der Waals surface area contributed by atoms with E-state index in [9.17, 15) is 25.5 Å². The third kappa shape index (κ3) is 4.44. The summed E-state index contributed by atoms with van der Waals surface area (Å²) in [7, 11) is 1.33. The van der Waals surface area contributed by atoms with E-state index in [1.54, 1.807) is 18.2 Å². The van der Waals surface area contributed by atoms with Gasteiger partial charge in [0.25, 0.3) is 0 Å². The minimum Gasteiger partial charge on any atom is -0.504 e. The first-order chi connectivity index (χ1) is 11.4. The van der Waals surface area contributed by atoms with Gasteiger partial charge in [-0.2, -0.15) is 0 Å². The minimum absolute atomic E-state index is 0.00399. The summed E-state index contributed by atoms with van der Waals surface area (Å²) in [6.07, 6.45) is -2.50. The average molecular weight is 342 g/mol. The second-order valence-corrected chi connectivity index (χ2v) is 5.44. The molecule has 0 spiro atoms. The molecule has 1 aliphatic rings. The number of hydrogen-bond donors (Lipinski definition) is 5. The number of phenolic OH excluding ortho intramolecular Hbond substituents is 2. The molecule has 1 aromatic carbocycles. The molecule has 0 unspecified atom stereocenters. The molecule has 0 bridgehead atoms. The number of aliphatic hydroxyl groups is 3. The van der Waals surface area contributed by atoms with Gasteiger partial charge in [-0.15, -0.1) is 0 Å². The van der Waals surface area contributed by atoms with Crippen molar-refractivity contribution in [1.29, 1.82) is 0 Å². The Morgan fingerprint density at radius 1 is 1.08 bits per heavy atom. The van der Waals surface area contributed by atoms with Gasteiger partial charge in [-0.05, 0) is 17.7 Å². The molecule has 24 heavy (non-hydrogen) atoms. The van der Waals surface area contributed by atoms with Crippen LogP contribution in [0.15, 0.2) is 24.3 Å². The number of methoxy groups -OCH3 is 1. The lowest BCUT2D eigenvalue weighted by atomic mass is 9.99. The second-order valence-electron chi connectivity index (χ2n) is 5.44. The predicted octanol–water partition coefficient (Wildman–Crippen LogP) is -0.418. The maximum atomic E-state index is 9.87. The van der Waals surface area contributed by atoms with Crippen LogP contribution in [-0.4, -0.2) is 76.6 Å². The number of hydrogen-bond acceptors (Lipinski definition) is 8. The van der Waals surface area contributed by atoms with E-state index in [-0.39, 0.29) is 24.7 Å². The molecule has 8 heteroatoms. The predicted molar refractivity (Wildman–Crippen MR) is 83.3 cm³/mol. The lowest BCUT2D eigenvalue weighted by Crippen LogP contribution is -2.59. The Morgan fingerprint density at radius 2 is 1.83 bits per heavy atom. The van der Waals surface area contributed by atoms with Crippen LogP contribution in [0.2, 0.25) is 0 Å². The summed E-state index contributed by atoms with van der Waals surface area (Å²) in [4.78, 5) is 0. The van der Waals surface area contributed by atoms with Gasteiger partial charge in [-0.25, -0.2) is 0 Å². The van der Waals surface area contributed by atoms with Crippen LogP contribution < -0.4 is 0 Å². The highest BCUT2D eigenvalue weighted by Gasteiger charge is 2.43. The number of aromatic hydroxyl groups is 2. The molecule has 0 amide bonds. The van der Waals surface area contributed by atoms with E-state index in [0.717, 1.165) is 0 Å². The van der Waals surface area contributed by atoms with Gasteiger partial charge in [0.2, 0.25) is 0 Å². The topological polar surface area (TPSA) is 129 Å². The number of ether oxygens (including phenoxy) is 3. The van der Waals surface area contributed by atoms with Crippen LogP contribution >= 0.6 is 0 Å². The Balaban J connectivity index is 1.80. The van der Waals surface area contributed by atoms with Crippen LogP contribution in [0, 0.1) is 0 Å². The Hall–Kier alpha value is -1.68. The molecule has 5 N–H and O–H groups in total. The Bertz CT molecular complexity index is 559. The minimum atomic E-state index is -1.38.